The number of carbonyl (C=O) groups excluding carboxylic acids is 2. The maximum absolute atomic E-state index is 12.8. The monoisotopic (exact) mass is 412 g/mol. The highest BCUT2D eigenvalue weighted by Crippen LogP contribution is 2.33. The van der Waals surface area contributed by atoms with E-state index in [1.54, 1.807) is 34.1 Å². The van der Waals surface area contributed by atoms with Gasteiger partial charge in [0.2, 0.25) is 6.79 Å². The molecule has 0 radical (unpaired) electrons. The summed E-state index contributed by atoms with van der Waals surface area (Å²) in [6.07, 6.45) is 0. The Morgan fingerprint density at radius 1 is 0.900 bits per heavy atom. The molecular formula is C22H24N2O6. The highest BCUT2D eigenvalue weighted by molar-refractivity contribution is 5.95. The lowest BCUT2D eigenvalue weighted by Crippen LogP contribution is -2.51. The first-order valence-electron chi connectivity index (χ1n) is 9.97. The van der Waals surface area contributed by atoms with E-state index in [1.807, 2.05) is 25.1 Å². The molecule has 2 aliphatic heterocycles. The third kappa shape index (κ3) is 4.27. The Hall–Kier alpha value is -3.42. The average Bonchev–Trinajstić information content (AvgIpc) is 3.26. The van der Waals surface area contributed by atoms with Crippen LogP contribution in [0.4, 0.5) is 0 Å². The number of piperazine rings is 1. The van der Waals surface area contributed by atoms with Crippen molar-refractivity contribution >= 4 is 11.8 Å². The molecule has 0 aliphatic carbocycles. The number of fused-ring (bicyclic) bond motifs is 1. The van der Waals surface area contributed by atoms with Gasteiger partial charge in [0.1, 0.15) is 0 Å². The van der Waals surface area contributed by atoms with Gasteiger partial charge in [0.15, 0.2) is 29.6 Å². The van der Waals surface area contributed by atoms with Crippen molar-refractivity contribution in [1.29, 1.82) is 0 Å². The Bertz CT molecular complexity index is 924. The number of ether oxygens (including phenoxy) is 4. The molecule has 8 heteroatoms. The fraction of sp³-hybridized carbons (Fsp3) is 0.364. The number of amides is 2. The number of hydrogen-bond acceptors (Lipinski definition) is 6. The van der Waals surface area contributed by atoms with Crippen molar-refractivity contribution in [2.24, 2.45) is 0 Å². The van der Waals surface area contributed by atoms with E-state index in [1.165, 1.54) is 0 Å². The summed E-state index contributed by atoms with van der Waals surface area (Å²) in [5, 5.41) is 0. The van der Waals surface area contributed by atoms with Gasteiger partial charge in [-0.2, -0.15) is 0 Å². The molecule has 0 saturated carbocycles. The van der Waals surface area contributed by atoms with Gasteiger partial charge in [0.25, 0.3) is 11.8 Å². The minimum Gasteiger partial charge on any atom is -0.490 e. The average molecular weight is 412 g/mol. The van der Waals surface area contributed by atoms with Gasteiger partial charge in [-0.15, -0.1) is 0 Å². The first-order valence-corrected chi connectivity index (χ1v) is 9.97. The number of benzene rings is 2. The molecule has 2 amide bonds. The second kappa shape index (κ2) is 8.94. The van der Waals surface area contributed by atoms with Crippen molar-refractivity contribution in [3.8, 4) is 23.0 Å². The van der Waals surface area contributed by atoms with E-state index in [4.69, 9.17) is 18.9 Å². The van der Waals surface area contributed by atoms with Crippen molar-refractivity contribution in [2.45, 2.75) is 6.92 Å². The number of carbonyl (C=O) groups is 2. The van der Waals surface area contributed by atoms with Crippen molar-refractivity contribution < 1.29 is 28.5 Å². The van der Waals surface area contributed by atoms with Crippen LogP contribution < -0.4 is 18.9 Å². The fourth-order valence-corrected chi connectivity index (χ4v) is 3.45. The molecule has 2 aliphatic rings. The molecule has 2 aromatic carbocycles. The number of hydrogen-bond donors (Lipinski definition) is 0. The molecule has 0 N–H and O–H groups in total. The molecule has 0 spiro atoms. The normalized spacial score (nSPS) is 15.1. The van der Waals surface area contributed by atoms with E-state index in [0.717, 1.165) is 0 Å². The predicted octanol–water partition coefficient (Wildman–Crippen LogP) is 2.18. The van der Waals surface area contributed by atoms with Crippen LogP contribution in [0.5, 0.6) is 23.0 Å². The van der Waals surface area contributed by atoms with Gasteiger partial charge >= 0.3 is 0 Å². The Labute approximate surface area is 174 Å². The largest absolute Gasteiger partial charge is 0.490 e. The Morgan fingerprint density at radius 2 is 1.57 bits per heavy atom. The summed E-state index contributed by atoms with van der Waals surface area (Å²) < 4.78 is 21.8. The molecule has 0 bridgehead atoms. The zero-order valence-electron chi connectivity index (χ0n) is 16.8. The Morgan fingerprint density at radius 3 is 2.30 bits per heavy atom. The summed E-state index contributed by atoms with van der Waals surface area (Å²) >= 11 is 0. The van der Waals surface area contributed by atoms with Crippen LogP contribution in [0.1, 0.15) is 17.3 Å². The predicted molar refractivity (Wildman–Crippen MR) is 108 cm³/mol. The molecule has 4 rings (SSSR count). The molecule has 1 fully saturated rings. The number of nitrogens with zero attached hydrogens (tertiary/aromatic N) is 2. The highest BCUT2D eigenvalue weighted by Gasteiger charge is 2.26. The highest BCUT2D eigenvalue weighted by atomic mass is 16.7. The van der Waals surface area contributed by atoms with Crippen LogP contribution in [-0.2, 0) is 4.79 Å². The first kappa shape index (κ1) is 19.9. The van der Waals surface area contributed by atoms with Gasteiger partial charge < -0.3 is 28.7 Å². The van der Waals surface area contributed by atoms with Crippen LogP contribution in [0, 0.1) is 0 Å². The lowest BCUT2D eigenvalue weighted by molar-refractivity contribution is -0.134. The van der Waals surface area contributed by atoms with Crippen molar-refractivity contribution in [2.75, 3.05) is 46.2 Å². The molecule has 8 nitrogen and oxygen atoms in total. The lowest BCUT2D eigenvalue weighted by atomic mass is 10.1. The molecule has 1 saturated heterocycles. The molecule has 158 valence electrons. The summed E-state index contributed by atoms with van der Waals surface area (Å²) in [5.74, 6) is 2.20. The summed E-state index contributed by atoms with van der Waals surface area (Å²) in [6.45, 7) is 4.38. The SMILES string of the molecule is CCOc1ccccc1OCC(=O)N1CCN(C(=O)c2ccc3c(c2)OCO3)CC1. The third-order valence-corrected chi connectivity index (χ3v) is 5.04. The van der Waals surface area contributed by atoms with Crippen LogP contribution in [0.3, 0.4) is 0 Å². The van der Waals surface area contributed by atoms with E-state index in [9.17, 15) is 9.59 Å². The van der Waals surface area contributed by atoms with Gasteiger partial charge in [-0.3, -0.25) is 9.59 Å². The van der Waals surface area contributed by atoms with E-state index < -0.39 is 0 Å². The quantitative estimate of drug-likeness (QED) is 0.724. The second-order valence-electron chi connectivity index (χ2n) is 6.91. The second-order valence-corrected chi connectivity index (χ2v) is 6.91. The maximum atomic E-state index is 12.8. The molecule has 30 heavy (non-hydrogen) atoms. The summed E-state index contributed by atoms with van der Waals surface area (Å²) in [6, 6.07) is 12.5. The minimum absolute atomic E-state index is 0.0693. The summed E-state index contributed by atoms with van der Waals surface area (Å²) in [4.78, 5) is 28.8. The zero-order valence-corrected chi connectivity index (χ0v) is 16.8. The third-order valence-electron chi connectivity index (χ3n) is 5.04. The zero-order chi connectivity index (χ0) is 20.9. The van der Waals surface area contributed by atoms with Crippen LogP contribution in [-0.4, -0.2) is 67.8 Å². The van der Waals surface area contributed by atoms with Crippen LogP contribution in [0.25, 0.3) is 0 Å². The first-order chi connectivity index (χ1) is 14.7. The van der Waals surface area contributed by atoms with E-state index in [2.05, 4.69) is 0 Å². The van der Waals surface area contributed by atoms with E-state index >= 15 is 0 Å². The van der Waals surface area contributed by atoms with Crippen LogP contribution in [0.15, 0.2) is 42.5 Å². The van der Waals surface area contributed by atoms with Gasteiger partial charge in [-0.25, -0.2) is 0 Å². The molecular weight excluding hydrogens is 388 g/mol. The topological polar surface area (TPSA) is 77.5 Å². The van der Waals surface area contributed by atoms with Crippen molar-refractivity contribution in [1.82, 2.24) is 9.80 Å². The number of rotatable bonds is 6. The van der Waals surface area contributed by atoms with E-state index in [0.29, 0.717) is 61.3 Å². The van der Waals surface area contributed by atoms with Gasteiger partial charge in [-0.05, 0) is 37.3 Å². The summed E-state index contributed by atoms with van der Waals surface area (Å²) in [5.41, 5.74) is 0.551. The van der Waals surface area contributed by atoms with E-state index in [-0.39, 0.29) is 25.2 Å². The fourth-order valence-electron chi connectivity index (χ4n) is 3.45. The van der Waals surface area contributed by atoms with Gasteiger partial charge in [0, 0.05) is 31.7 Å². The maximum Gasteiger partial charge on any atom is 0.260 e. The number of para-hydroxylation sites is 2. The smallest absolute Gasteiger partial charge is 0.260 e. The van der Waals surface area contributed by atoms with Gasteiger partial charge in [-0.1, -0.05) is 12.1 Å². The Kier molecular flexibility index (Phi) is 5.92. The molecule has 0 atom stereocenters. The summed E-state index contributed by atoms with van der Waals surface area (Å²) in [7, 11) is 0. The van der Waals surface area contributed by atoms with Crippen molar-refractivity contribution in [3.63, 3.8) is 0 Å². The molecule has 0 aromatic heterocycles. The van der Waals surface area contributed by atoms with Crippen LogP contribution >= 0.6 is 0 Å². The van der Waals surface area contributed by atoms with Crippen molar-refractivity contribution in [3.05, 3.63) is 48.0 Å². The van der Waals surface area contributed by atoms with Gasteiger partial charge in [0.05, 0.1) is 6.61 Å². The molecule has 0 unspecified atom stereocenters. The Balaban J connectivity index is 1.29. The van der Waals surface area contributed by atoms with Crippen LogP contribution in [0.2, 0.25) is 0 Å². The molecule has 2 heterocycles. The lowest BCUT2D eigenvalue weighted by Gasteiger charge is -2.34. The minimum atomic E-state index is -0.114. The molecule has 2 aromatic rings. The standard InChI is InChI=1S/C22H24N2O6/c1-2-27-17-5-3-4-6-18(17)28-14-21(25)23-9-11-24(12-10-23)22(26)16-7-8-19-20(13-16)30-15-29-19/h3-8,13H,2,9-12,14-15H2,1H3.